The second-order valence-electron chi connectivity index (χ2n) is 6.49. The van der Waals surface area contributed by atoms with Gasteiger partial charge >= 0.3 is 0 Å². The lowest BCUT2D eigenvalue weighted by Crippen LogP contribution is -2.43. The molecule has 0 saturated heterocycles. The first-order chi connectivity index (χ1) is 7.46. The average Bonchev–Trinajstić information content (AvgIpc) is 2.16. The summed E-state index contributed by atoms with van der Waals surface area (Å²) in [5, 5.41) is 10.8. The molecule has 1 heteroatoms. The van der Waals surface area contributed by atoms with Crippen LogP contribution >= 0.6 is 0 Å². The van der Waals surface area contributed by atoms with Gasteiger partial charge in [0.05, 0.1) is 5.60 Å². The normalized spacial score (nSPS) is 31.3. The van der Waals surface area contributed by atoms with Crippen molar-refractivity contribution >= 4 is 0 Å². The van der Waals surface area contributed by atoms with E-state index >= 15 is 0 Å². The molecular weight excluding hydrogens is 196 g/mol. The van der Waals surface area contributed by atoms with E-state index in [-0.39, 0.29) is 5.60 Å². The van der Waals surface area contributed by atoms with Gasteiger partial charge in [0, 0.05) is 0 Å². The summed E-state index contributed by atoms with van der Waals surface area (Å²) in [6.45, 7) is 9.07. The Kier molecular flexibility index (Phi) is 5.30. The number of aliphatic hydroxyl groups is 1. The molecule has 0 heterocycles. The molecule has 0 bridgehead atoms. The quantitative estimate of drug-likeness (QED) is 0.737. The van der Waals surface area contributed by atoms with Crippen molar-refractivity contribution in [3.05, 3.63) is 0 Å². The zero-order valence-electron chi connectivity index (χ0n) is 11.6. The molecule has 1 aliphatic carbocycles. The van der Waals surface area contributed by atoms with Gasteiger partial charge in [-0.15, -0.1) is 0 Å². The molecule has 2 atom stereocenters. The van der Waals surface area contributed by atoms with Crippen LogP contribution in [0.25, 0.3) is 0 Å². The molecule has 1 rings (SSSR count). The molecule has 0 spiro atoms. The van der Waals surface area contributed by atoms with Gasteiger partial charge in [0.15, 0.2) is 0 Å². The SMILES string of the molecule is CC(C)CCCC1(O)CCCCC1C(C)C. The van der Waals surface area contributed by atoms with Gasteiger partial charge in [-0.25, -0.2) is 0 Å². The number of hydrogen-bond donors (Lipinski definition) is 1. The lowest BCUT2D eigenvalue weighted by molar-refractivity contribution is -0.0737. The van der Waals surface area contributed by atoms with E-state index in [9.17, 15) is 5.11 Å². The summed E-state index contributed by atoms with van der Waals surface area (Å²) in [4.78, 5) is 0. The summed E-state index contributed by atoms with van der Waals surface area (Å²) in [5.74, 6) is 1.93. The van der Waals surface area contributed by atoms with Gasteiger partial charge < -0.3 is 5.11 Å². The van der Waals surface area contributed by atoms with Crippen LogP contribution in [0.1, 0.15) is 72.6 Å². The molecule has 1 nitrogen and oxygen atoms in total. The van der Waals surface area contributed by atoms with E-state index in [1.54, 1.807) is 0 Å². The Morgan fingerprint density at radius 2 is 1.88 bits per heavy atom. The summed E-state index contributed by atoms with van der Waals surface area (Å²) in [5.41, 5.74) is -0.346. The number of rotatable bonds is 5. The molecule has 16 heavy (non-hydrogen) atoms. The fourth-order valence-corrected chi connectivity index (χ4v) is 3.33. The van der Waals surface area contributed by atoms with Crippen molar-refractivity contribution in [2.24, 2.45) is 17.8 Å². The Morgan fingerprint density at radius 3 is 2.44 bits per heavy atom. The average molecular weight is 226 g/mol. The Labute approximate surface area is 102 Å². The Hall–Kier alpha value is -0.0400. The summed E-state index contributed by atoms with van der Waals surface area (Å²) in [6.07, 6.45) is 8.28. The van der Waals surface area contributed by atoms with Crippen molar-refractivity contribution in [3.8, 4) is 0 Å². The van der Waals surface area contributed by atoms with E-state index in [1.807, 2.05) is 0 Å². The minimum Gasteiger partial charge on any atom is -0.390 e. The van der Waals surface area contributed by atoms with Gasteiger partial charge in [-0.3, -0.25) is 0 Å². The highest BCUT2D eigenvalue weighted by Crippen LogP contribution is 2.41. The van der Waals surface area contributed by atoms with Crippen LogP contribution in [-0.2, 0) is 0 Å². The van der Waals surface area contributed by atoms with E-state index in [1.165, 1.54) is 32.1 Å². The van der Waals surface area contributed by atoms with Crippen LogP contribution in [0.4, 0.5) is 0 Å². The van der Waals surface area contributed by atoms with Crippen LogP contribution in [0.5, 0.6) is 0 Å². The number of hydrogen-bond acceptors (Lipinski definition) is 1. The predicted molar refractivity (Wildman–Crippen MR) is 70.4 cm³/mol. The third-order valence-electron chi connectivity index (χ3n) is 4.26. The zero-order valence-corrected chi connectivity index (χ0v) is 11.6. The van der Waals surface area contributed by atoms with Crippen molar-refractivity contribution in [2.75, 3.05) is 0 Å². The van der Waals surface area contributed by atoms with E-state index in [4.69, 9.17) is 0 Å². The van der Waals surface area contributed by atoms with Crippen LogP contribution in [0, 0.1) is 17.8 Å². The molecule has 1 saturated carbocycles. The topological polar surface area (TPSA) is 20.2 Å². The Bertz CT molecular complexity index is 198. The van der Waals surface area contributed by atoms with Crippen molar-refractivity contribution in [2.45, 2.75) is 78.2 Å². The maximum absolute atomic E-state index is 10.8. The fourth-order valence-electron chi connectivity index (χ4n) is 3.33. The minimum atomic E-state index is -0.346. The summed E-state index contributed by atoms with van der Waals surface area (Å²) >= 11 is 0. The maximum atomic E-state index is 10.8. The van der Waals surface area contributed by atoms with Crippen molar-refractivity contribution in [1.29, 1.82) is 0 Å². The van der Waals surface area contributed by atoms with Crippen LogP contribution < -0.4 is 0 Å². The molecule has 0 aromatic heterocycles. The third-order valence-corrected chi connectivity index (χ3v) is 4.26. The van der Waals surface area contributed by atoms with Gasteiger partial charge in [-0.1, -0.05) is 53.4 Å². The van der Waals surface area contributed by atoms with Gasteiger partial charge in [-0.2, -0.15) is 0 Å². The predicted octanol–water partition coefficient (Wildman–Crippen LogP) is 4.39. The van der Waals surface area contributed by atoms with Crippen molar-refractivity contribution < 1.29 is 5.11 Å². The molecule has 1 N–H and O–H groups in total. The molecule has 0 radical (unpaired) electrons. The van der Waals surface area contributed by atoms with Crippen LogP contribution in [0.2, 0.25) is 0 Å². The standard InChI is InChI=1S/C15H30O/c1-12(2)8-7-11-15(16)10-6-5-9-14(15)13(3)4/h12-14,16H,5-11H2,1-4H3. The summed E-state index contributed by atoms with van der Waals surface area (Å²) in [6, 6.07) is 0. The largest absolute Gasteiger partial charge is 0.390 e. The van der Waals surface area contributed by atoms with Crippen LogP contribution in [0.15, 0.2) is 0 Å². The third kappa shape index (κ3) is 3.76. The first-order valence-corrected chi connectivity index (χ1v) is 7.18. The van der Waals surface area contributed by atoms with Crippen LogP contribution in [0.3, 0.4) is 0 Å². The highest BCUT2D eigenvalue weighted by Gasteiger charge is 2.39. The van der Waals surface area contributed by atoms with Crippen molar-refractivity contribution in [3.63, 3.8) is 0 Å². The Morgan fingerprint density at radius 1 is 1.19 bits per heavy atom. The van der Waals surface area contributed by atoms with Gasteiger partial charge in [0.2, 0.25) is 0 Å². The molecular formula is C15H30O. The van der Waals surface area contributed by atoms with Gasteiger partial charge in [0.1, 0.15) is 0 Å². The van der Waals surface area contributed by atoms with E-state index in [0.29, 0.717) is 11.8 Å². The fraction of sp³-hybridized carbons (Fsp3) is 1.00. The summed E-state index contributed by atoms with van der Waals surface area (Å²) in [7, 11) is 0. The minimum absolute atomic E-state index is 0.346. The molecule has 1 aliphatic rings. The zero-order chi connectivity index (χ0) is 12.2. The maximum Gasteiger partial charge on any atom is 0.0678 e. The first kappa shape index (κ1) is 14.0. The molecule has 2 unspecified atom stereocenters. The lowest BCUT2D eigenvalue weighted by Gasteiger charge is -2.42. The molecule has 0 aromatic carbocycles. The second-order valence-corrected chi connectivity index (χ2v) is 6.49. The second kappa shape index (κ2) is 6.05. The first-order valence-electron chi connectivity index (χ1n) is 7.18. The Balaban J connectivity index is 2.49. The molecule has 0 aromatic rings. The molecule has 1 fully saturated rings. The van der Waals surface area contributed by atoms with E-state index in [0.717, 1.165) is 18.8 Å². The van der Waals surface area contributed by atoms with E-state index in [2.05, 4.69) is 27.7 Å². The van der Waals surface area contributed by atoms with E-state index < -0.39 is 0 Å². The van der Waals surface area contributed by atoms with Crippen molar-refractivity contribution in [1.82, 2.24) is 0 Å². The highest BCUT2D eigenvalue weighted by atomic mass is 16.3. The summed E-state index contributed by atoms with van der Waals surface area (Å²) < 4.78 is 0. The van der Waals surface area contributed by atoms with Gasteiger partial charge in [0.25, 0.3) is 0 Å². The highest BCUT2D eigenvalue weighted by molar-refractivity contribution is 4.91. The molecule has 0 amide bonds. The molecule has 0 aliphatic heterocycles. The monoisotopic (exact) mass is 226 g/mol. The lowest BCUT2D eigenvalue weighted by atomic mass is 9.68. The van der Waals surface area contributed by atoms with Crippen LogP contribution in [-0.4, -0.2) is 10.7 Å². The smallest absolute Gasteiger partial charge is 0.0678 e. The molecule has 96 valence electrons. The van der Waals surface area contributed by atoms with Gasteiger partial charge in [-0.05, 0) is 37.0 Å².